The summed E-state index contributed by atoms with van der Waals surface area (Å²) >= 11 is 1.27. The predicted octanol–water partition coefficient (Wildman–Crippen LogP) is 4.75. The van der Waals surface area contributed by atoms with Gasteiger partial charge in [-0.3, -0.25) is 10.1 Å². The smallest absolute Gasteiger partial charge is 0.271 e. The Balaban J connectivity index is 1.62. The molecule has 0 aliphatic rings. The van der Waals surface area contributed by atoms with Crippen molar-refractivity contribution in [1.82, 2.24) is 4.98 Å². The number of methoxy groups -OCH3 is 1. The van der Waals surface area contributed by atoms with Crippen molar-refractivity contribution < 1.29 is 27.4 Å². The molecule has 11 heteroatoms. The van der Waals surface area contributed by atoms with Crippen molar-refractivity contribution in [2.45, 2.75) is 17.9 Å². The first-order chi connectivity index (χ1) is 18.3. The normalized spacial score (nSPS) is 12.0. The van der Waals surface area contributed by atoms with Gasteiger partial charge in [-0.05, 0) is 54.6 Å². The second-order valence-electron chi connectivity index (χ2n) is 8.09. The van der Waals surface area contributed by atoms with E-state index in [9.17, 15) is 13.2 Å². The van der Waals surface area contributed by atoms with Crippen LogP contribution in [0.5, 0.6) is 11.5 Å². The van der Waals surface area contributed by atoms with Gasteiger partial charge < -0.3 is 14.2 Å². The molecule has 0 fully saturated rings. The number of aromatic nitrogens is 1. The van der Waals surface area contributed by atoms with Crippen molar-refractivity contribution in [2.75, 3.05) is 31.4 Å². The van der Waals surface area contributed by atoms with E-state index >= 15 is 0 Å². The SMILES string of the molecule is CCS(=O)(=O)c1cccc(C(Oc2ccc(C#N)cc2)C(=O)Nc2nc3ccc(OCCOC)cc3s2)c1. The van der Waals surface area contributed by atoms with Gasteiger partial charge in [0, 0.05) is 12.7 Å². The van der Waals surface area contributed by atoms with Gasteiger partial charge in [-0.25, -0.2) is 13.4 Å². The highest BCUT2D eigenvalue weighted by atomic mass is 32.2. The third kappa shape index (κ3) is 6.47. The molecular formula is C27H25N3O6S2. The third-order valence-electron chi connectivity index (χ3n) is 5.52. The number of ether oxygens (including phenoxy) is 3. The molecule has 0 aliphatic carbocycles. The first-order valence-electron chi connectivity index (χ1n) is 11.7. The number of thiazole rings is 1. The van der Waals surface area contributed by atoms with Crippen LogP contribution in [0, 0.1) is 11.3 Å². The summed E-state index contributed by atoms with van der Waals surface area (Å²) in [5, 5.41) is 12.2. The quantitative estimate of drug-likeness (QED) is 0.265. The molecule has 4 rings (SSSR count). The van der Waals surface area contributed by atoms with Crippen LogP contribution in [-0.2, 0) is 19.4 Å². The van der Waals surface area contributed by atoms with Crippen LogP contribution in [0.25, 0.3) is 10.2 Å². The van der Waals surface area contributed by atoms with E-state index in [1.54, 1.807) is 62.6 Å². The van der Waals surface area contributed by atoms with E-state index in [4.69, 9.17) is 19.5 Å². The number of fused-ring (bicyclic) bond motifs is 1. The Kier molecular flexibility index (Phi) is 8.58. The van der Waals surface area contributed by atoms with Gasteiger partial charge in [0.05, 0.1) is 39.1 Å². The molecule has 1 unspecified atom stereocenters. The van der Waals surface area contributed by atoms with Crippen molar-refractivity contribution in [3.63, 3.8) is 0 Å². The van der Waals surface area contributed by atoms with Crippen molar-refractivity contribution in [1.29, 1.82) is 5.26 Å². The molecule has 0 radical (unpaired) electrons. The van der Waals surface area contributed by atoms with E-state index < -0.39 is 21.8 Å². The maximum atomic E-state index is 13.5. The number of nitriles is 1. The van der Waals surface area contributed by atoms with E-state index in [2.05, 4.69) is 10.3 Å². The molecule has 1 amide bonds. The number of carbonyl (C=O) groups is 1. The Bertz CT molecular complexity index is 1580. The number of nitrogens with one attached hydrogen (secondary N) is 1. The fraction of sp³-hybridized carbons (Fsp3) is 0.222. The minimum Gasteiger partial charge on any atom is -0.491 e. The predicted molar refractivity (Wildman–Crippen MR) is 144 cm³/mol. The van der Waals surface area contributed by atoms with Gasteiger partial charge in [-0.1, -0.05) is 30.4 Å². The monoisotopic (exact) mass is 551 g/mol. The molecule has 196 valence electrons. The fourth-order valence-electron chi connectivity index (χ4n) is 3.52. The molecule has 0 bridgehead atoms. The first-order valence-corrected chi connectivity index (χ1v) is 14.1. The van der Waals surface area contributed by atoms with Crippen LogP contribution in [0.1, 0.15) is 24.2 Å². The van der Waals surface area contributed by atoms with Gasteiger partial charge in [0.15, 0.2) is 15.0 Å². The number of nitrogens with zero attached hydrogens (tertiary/aromatic N) is 2. The Morgan fingerprint density at radius 2 is 1.84 bits per heavy atom. The maximum Gasteiger partial charge on any atom is 0.271 e. The van der Waals surface area contributed by atoms with Gasteiger partial charge in [0.2, 0.25) is 6.10 Å². The van der Waals surface area contributed by atoms with Crippen LogP contribution in [0.4, 0.5) is 5.13 Å². The van der Waals surface area contributed by atoms with Crippen molar-refractivity contribution in [3.8, 4) is 17.6 Å². The minimum absolute atomic E-state index is 0.0767. The number of carbonyl (C=O) groups excluding carboxylic acids is 1. The number of amides is 1. The molecule has 0 aliphatic heterocycles. The molecule has 0 saturated carbocycles. The number of hydrogen-bond donors (Lipinski definition) is 1. The summed E-state index contributed by atoms with van der Waals surface area (Å²) in [6.07, 6.45) is -1.19. The fourth-order valence-corrected chi connectivity index (χ4v) is 5.35. The zero-order valence-corrected chi connectivity index (χ0v) is 22.3. The van der Waals surface area contributed by atoms with Crippen LogP contribution >= 0.6 is 11.3 Å². The lowest BCUT2D eigenvalue weighted by Gasteiger charge is -2.19. The Hall–Kier alpha value is -3.98. The highest BCUT2D eigenvalue weighted by Gasteiger charge is 2.26. The molecule has 9 nitrogen and oxygen atoms in total. The molecule has 0 saturated heterocycles. The first kappa shape index (κ1) is 27.1. The van der Waals surface area contributed by atoms with Gasteiger partial charge in [0.1, 0.15) is 18.1 Å². The number of anilines is 1. The summed E-state index contributed by atoms with van der Waals surface area (Å²) in [6, 6.07) is 19.9. The molecule has 1 aromatic heterocycles. The van der Waals surface area contributed by atoms with E-state index in [0.29, 0.717) is 46.5 Å². The van der Waals surface area contributed by atoms with Crippen LogP contribution in [0.2, 0.25) is 0 Å². The van der Waals surface area contributed by atoms with E-state index in [1.807, 2.05) is 12.1 Å². The summed E-state index contributed by atoms with van der Waals surface area (Å²) in [5.74, 6) is 0.394. The number of hydrogen-bond acceptors (Lipinski definition) is 9. The zero-order valence-electron chi connectivity index (χ0n) is 20.7. The zero-order chi connectivity index (χ0) is 27.1. The molecular weight excluding hydrogens is 526 g/mol. The number of rotatable bonds is 11. The molecule has 38 heavy (non-hydrogen) atoms. The van der Waals surface area contributed by atoms with Gasteiger partial charge in [0.25, 0.3) is 5.91 Å². The highest BCUT2D eigenvalue weighted by Crippen LogP contribution is 2.31. The van der Waals surface area contributed by atoms with Crippen LogP contribution in [0.3, 0.4) is 0 Å². The van der Waals surface area contributed by atoms with Crippen LogP contribution < -0.4 is 14.8 Å². The summed E-state index contributed by atoms with van der Waals surface area (Å²) < 4.78 is 42.4. The van der Waals surface area contributed by atoms with Gasteiger partial charge in [-0.15, -0.1) is 0 Å². The summed E-state index contributed by atoms with van der Waals surface area (Å²) in [4.78, 5) is 18.1. The summed E-state index contributed by atoms with van der Waals surface area (Å²) in [5.41, 5.74) is 1.48. The van der Waals surface area contributed by atoms with E-state index in [0.717, 1.165) is 4.70 Å². The van der Waals surface area contributed by atoms with Crippen molar-refractivity contribution >= 4 is 42.4 Å². The highest BCUT2D eigenvalue weighted by molar-refractivity contribution is 7.91. The summed E-state index contributed by atoms with van der Waals surface area (Å²) in [7, 11) is -1.90. The molecule has 4 aromatic rings. The van der Waals surface area contributed by atoms with Crippen molar-refractivity contribution in [2.24, 2.45) is 0 Å². The van der Waals surface area contributed by atoms with Gasteiger partial charge >= 0.3 is 0 Å². The Labute approximate surface area is 224 Å². The van der Waals surface area contributed by atoms with E-state index in [-0.39, 0.29) is 10.6 Å². The van der Waals surface area contributed by atoms with E-state index in [1.165, 1.54) is 23.5 Å². The lowest BCUT2D eigenvalue weighted by molar-refractivity contribution is -0.123. The molecule has 0 spiro atoms. The number of sulfone groups is 1. The minimum atomic E-state index is -3.50. The molecule has 1 atom stereocenters. The largest absolute Gasteiger partial charge is 0.491 e. The molecule has 1 N–H and O–H groups in total. The average molecular weight is 552 g/mol. The average Bonchev–Trinajstić information content (AvgIpc) is 3.33. The Morgan fingerprint density at radius 3 is 2.55 bits per heavy atom. The van der Waals surface area contributed by atoms with Crippen molar-refractivity contribution in [3.05, 3.63) is 77.9 Å². The standard InChI is InChI=1S/C27H25N3O6S2/c1-3-38(32,33)22-6-4-5-19(15-22)25(36-20-9-7-18(17-28)8-10-20)26(31)30-27-29-23-12-11-21(16-24(23)37-27)35-14-13-34-2/h4-12,15-16,25H,3,13-14H2,1-2H3,(H,29,30,31). The lowest BCUT2D eigenvalue weighted by Crippen LogP contribution is -2.26. The van der Waals surface area contributed by atoms with Gasteiger partial charge in [-0.2, -0.15) is 5.26 Å². The molecule has 1 heterocycles. The van der Waals surface area contributed by atoms with Crippen LogP contribution in [-0.4, -0.2) is 45.4 Å². The topological polar surface area (TPSA) is 128 Å². The summed E-state index contributed by atoms with van der Waals surface area (Å²) in [6.45, 7) is 2.43. The second-order valence-corrected chi connectivity index (χ2v) is 11.4. The van der Waals surface area contributed by atoms with Crippen LogP contribution in [0.15, 0.2) is 71.6 Å². The third-order valence-corrected chi connectivity index (χ3v) is 8.19. The maximum absolute atomic E-state index is 13.5. The molecule has 3 aromatic carbocycles. The number of benzene rings is 3. The second kappa shape index (κ2) is 12.0. The Morgan fingerprint density at radius 1 is 1.08 bits per heavy atom. The lowest BCUT2D eigenvalue weighted by atomic mass is 10.1.